The van der Waals surface area contributed by atoms with Crippen LogP contribution in [0.15, 0.2) is 53.0 Å². The van der Waals surface area contributed by atoms with Crippen LogP contribution in [0.5, 0.6) is 0 Å². The van der Waals surface area contributed by atoms with Gasteiger partial charge in [0, 0.05) is 11.0 Å². The fourth-order valence-electron chi connectivity index (χ4n) is 1.80. The van der Waals surface area contributed by atoms with Gasteiger partial charge in [0.2, 0.25) is 0 Å². The second kappa shape index (κ2) is 6.01. The lowest BCUT2D eigenvalue weighted by Crippen LogP contribution is -2.10. The van der Waals surface area contributed by atoms with E-state index < -0.39 is 0 Å². The third-order valence-corrected chi connectivity index (χ3v) is 3.39. The molecule has 1 unspecified atom stereocenters. The number of hydrogen-bond donors (Lipinski definition) is 1. The fraction of sp³-hybridized carbons (Fsp3) is 0.200. The van der Waals surface area contributed by atoms with Gasteiger partial charge in [-0.2, -0.15) is 0 Å². The van der Waals surface area contributed by atoms with Gasteiger partial charge in [0.25, 0.3) is 0 Å². The smallest absolute Gasteiger partial charge is 0.147 e. The summed E-state index contributed by atoms with van der Waals surface area (Å²) in [6.07, 6.45) is 0. The SMILES string of the molecule is CC(CNc1ccc(Br)cc1F)c1ccccc1. The number of hydrogen-bond acceptors (Lipinski definition) is 1. The van der Waals surface area contributed by atoms with Crippen molar-refractivity contribution in [3.8, 4) is 0 Å². The van der Waals surface area contributed by atoms with Crippen LogP contribution in [0.4, 0.5) is 10.1 Å². The molecule has 18 heavy (non-hydrogen) atoms. The summed E-state index contributed by atoms with van der Waals surface area (Å²) in [5.74, 6) is 0.110. The highest BCUT2D eigenvalue weighted by molar-refractivity contribution is 9.10. The minimum absolute atomic E-state index is 0.232. The number of nitrogens with one attached hydrogen (secondary N) is 1. The van der Waals surface area contributed by atoms with Crippen molar-refractivity contribution < 1.29 is 4.39 Å². The summed E-state index contributed by atoms with van der Waals surface area (Å²) in [6.45, 7) is 2.83. The Labute approximate surface area is 115 Å². The van der Waals surface area contributed by atoms with Gasteiger partial charge in [0.15, 0.2) is 0 Å². The number of halogens is 2. The van der Waals surface area contributed by atoms with Crippen LogP contribution < -0.4 is 5.32 Å². The quantitative estimate of drug-likeness (QED) is 0.855. The minimum atomic E-state index is -0.232. The Balaban J connectivity index is 1.99. The molecule has 0 amide bonds. The van der Waals surface area contributed by atoms with Crippen LogP contribution in [0.1, 0.15) is 18.4 Å². The van der Waals surface area contributed by atoms with Crippen LogP contribution in [0, 0.1) is 5.82 Å². The predicted molar refractivity (Wildman–Crippen MR) is 77.4 cm³/mol. The van der Waals surface area contributed by atoms with Gasteiger partial charge in [-0.25, -0.2) is 4.39 Å². The molecule has 2 aromatic carbocycles. The number of benzene rings is 2. The van der Waals surface area contributed by atoms with E-state index in [1.165, 1.54) is 11.6 Å². The normalized spacial score (nSPS) is 12.2. The molecular weight excluding hydrogens is 293 g/mol. The molecule has 0 aliphatic rings. The molecule has 0 aliphatic carbocycles. The van der Waals surface area contributed by atoms with Crippen molar-refractivity contribution in [1.29, 1.82) is 0 Å². The zero-order chi connectivity index (χ0) is 13.0. The van der Waals surface area contributed by atoms with E-state index in [-0.39, 0.29) is 5.82 Å². The van der Waals surface area contributed by atoms with Crippen molar-refractivity contribution in [2.45, 2.75) is 12.8 Å². The lowest BCUT2D eigenvalue weighted by Gasteiger charge is -2.14. The van der Waals surface area contributed by atoms with E-state index in [9.17, 15) is 4.39 Å². The molecule has 94 valence electrons. The number of rotatable bonds is 4. The zero-order valence-corrected chi connectivity index (χ0v) is 11.7. The summed E-state index contributed by atoms with van der Waals surface area (Å²) < 4.78 is 14.4. The average Bonchev–Trinajstić information content (AvgIpc) is 2.38. The van der Waals surface area contributed by atoms with E-state index in [4.69, 9.17) is 0 Å². The summed E-state index contributed by atoms with van der Waals surface area (Å²) in [4.78, 5) is 0. The maximum Gasteiger partial charge on any atom is 0.147 e. The van der Waals surface area contributed by atoms with Crippen LogP contribution in [0.25, 0.3) is 0 Å². The van der Waals surface area contributed by atoms with E-state index in [1.54, 1.807) is 6.07 Å². The predicted octanol–water partition coefficient (Wildman–Crippen LogP) is 4.80. The lowest BCUT2D eigenvalue weighted by atomic mass is 10.0. The standard InChI is InChI=1S/C15H15BrFN/c1-11(12-5-3-2-4-6-12)10-18-15-8-7-13(16)9-14(15)17/h2-9,11,18H,10H2,1H3. The van der Waals surface area contributed by atoms with E-state index >= 15 is 0 Å². The Kier molecular flexibility index (Phi) is 4.37. The minimum Gasteiger partial charge on any atom is -0.382 e. The molecule has 0 aliphatic heterocycles. The molecular formula is C15H15BrFN. The lowest BCUT2D eigenvalue weighted by molar-refractivity contribution is 0.628. The van der Waals surface area contributed by atoms with Gasteiger partial charge >= 0.3 is 0 Å². The van der Waals surface area contributed by atoms with E-state index in [0.29, 0.717) is 18.2 Å². The van der Waals surface area contributed by atoms with Gasteiger partial charge in [-0.3, -0.25) is 0 Å². The van der Waals surface area contributed by atoms with Crippen LogP contribution in [0.2, 0.25) is 0 Å². The average molecular weight is 308 g/mol. The monoisotopic (exact) mass is 307 g/mol. The highest BCUT2D eigenvalue weighted by Crippen LogP contribution is 2.21. The van der Waals surface area contributed by atoms with Crippen LogP contribution in [0.3, 0.4) is 0 Å². The molecule has 0 fully saturated rings. The maximum atomic E-state index is 13.6. The van der Waals surface area contributed by atoms with Gasteiger partial charge in [-0.05, 0) is 29.7 Å². The summed E-state index contributed by atoms with van der Waals surface area (Å²) in [7, 11) is 0. The molecule has 1 atom stereocenters. The van der Waals surface area contributed by atoms with Crippen molar-refractivity contribution in [1.82, 2.24) is 0 Å². The summed E-state index contributed by atoms with van der Waals surface area (Å²) in [6, 6.07) is 15.3. The molecule has 1 nitrogen and oxygen atoms in total. The maximum absolute atomic E-state index is 13.6. The Morgan fingerprint density at radius 1 is 1.17 bits per heavy atom. The molecule has 0 saturated carbocycles. The fourth-order valence-corrected chi connectivity index (χ4v) is 2.13. The molecule has 0 radical (unpaired) electrons. The second-order valence-electron chi connectivity index (χ2n) is 4.32. The third kappa shape index (κ3) is 3.33. The van der Waals surface area contributed by atoms with Gasteiger partial charge in [-0.1, -0.05) is 53.2 Å². The summed E-state index contributed by atoms with van der Waals surface area (Å²) in [5.41, 5.74) is 1.79. The zero-order valence-electron chi connectivity index (χ0n) is 10.2. The van der Waals surface area contributed by atoms with Gasteiger partial charge in [-0.15, -0.1) is 0 Å². The van der Waals surface area contributed by atoms with Gasteiger partial charge < -0.3 is 5.32 Å². The third-order valence-electron chi connectivity index (χ3n) is 2.90. The Morgan fingerprint density at radius 2 is 1.89 bits per heavy atom. The molecule has 1 N–H and O–H groups in total. The van der Waals surface area contributed by atoms with Crippen molar-refractivity contribution in [3.63, 3.8) is 0 Å². The van der Waals surface area contributed by atoms with E-state index in [0.717, 1.165) is 4.47 Å². The van der Waals surface area contributed by atoms with Crippen molar-refractivity contribution in [2.24, 2.45) is 0 Å². The molecule has 0 bridgehead atoms. The molecule has 2 aromatic rings. The highest BCUT2D eigenvalue weighted by atomic mass is 79.9. The van der Waals surface area contributed by atoms with Gasteiger partial charge in [0.1, 0.15) is 5.82 Å². The molecule has 0 spiro atoms. The topological polar surface area (TPSA) is 12.0 Å². The van der Waals surface area contributed by atoms with Crippen molar-refractivity contribution >= 4 is 21.6 Å². The number of anilines is 1. The van der Waals surface area contributed by atoms with Crippen LogP contribution in [-0.4, -0.2) is 6.54 Å². The largest absolute Gasteiger partial charge is 0.382 e. The molecule has 3 heteroatoms. The molecule has 0 saturated heterocycles. The van der Waals surface area contributed by atoms with Crippen molar-refractivity contribution in [2.75, 3.05) is 11.9 Å². The van der Waals surface area contributed by atoms with Crippen LogP contribution in [-0.2, 0) is 0 Å². The van der Waals surface area contributed by atoms with Crippen molar-refractivity contribution in [3.05, 3.63) is 64.4 Å². The first-order chi connectivity index (χ1) is 8.66. The Bertz CT molecular complexity index is 513. The van der Waals surface area contributed by atoms with Gasteiger partial charge in [0.05, 0.1) is 5.69 Å². The first-order valence-corrected chi connectivity index (χ1v) is 6.70. The van der Waals surface area contributed by atoms with E-state index in [2.05, 4.69) is 40.3 Å². The second-order valence-corrected chi connectivity index (χ2v) is 5.23. The highest BCUT2D eigenvalue weighted by Gasteiger charge is 2.07. The Hall–Kier alpha value is -1.35. The molecule has 0 heterocycles. The van der Waals surface area contributed by atoms with Crippen LogP contribution >= 0.6 is 15.9 Å². The summed E-state index contributed by atoms with van der Waals surface area (Å²) >= 11 is 3.25. The van der Waals surface area contributed by atoms with E-state index in [1.807, 2.05) is 24.3 Å². The summed E-state index contributed by atoms with van der Waals surface area (Å²) in [5, 5.41) is 3.14. The Morgan fingerprint density at radius 3 is 2.56 bits per heavy atom. The molecule has 2 rings (SSSR count). The first kappa shape index (κ1) is 13.1. The first-order valence-electron chi connectivity index (χ1n) is 5.90. The molecule has 0 aromatic heterocycles.